The lowest BCUT2D eigenvalue weighted by Crippen LogP contribution is -2.13. The van der Waals surface area contributed by atoms with Crippen LogP contribution in [0.4, 0.5) is 11.4 Å². The second-order valence-electron chi connectivity index (χ2n) is 8.50. The van der Waals surface area contributed by atoms with Gasteiger partial charge < -0.3 is 10.2 Å². The summed E-state index contributed by atoms with van der Waals surface area (Å²) in [6, 6.07) is 25.6. The Bertz CT molecular complexity index is 1840. The number of aromatic hydroxyl groups is 2. The molecular weight excluding hydrogens is 528 g/mol. The van der Waals surface area contributed by atoms with E-state index in [1.54, 1.807) is 48.5 Å². The Labute approximate surface area is 222 Å². The summed E-state index contributed by atoms with van der Waals surface area (Å²) < 4.78 is 28.4. The first kappa shape index (κ1) is 25.1. The second kappa shape index (κ2) is 9.70. The number of nitrogens with zero attached hydrogens (tertiary/aromatic N) is 1. The van der Waals surface area contributed by atoms with Gasteiger partial charge >= 0.3 is 0 Å². The molecule has 0 aliphatic carbocycles. The SMILES string of the molecule is O=[N+]([O-])c1cc(S(=O)(=O)Nc2cccc(-c3c(O)ccc4cc(-c5cccc(O)c5)ccc34)c2)ccc1Cl. The van der Waals surface area contributed by atoms with E-state index in [0.717, 1.165) is 34.0 Å². The zero-order valence-corrected chi connectivity index (χ0v) is 21.1. The van der Waals surface area contributed by atoms with E-state index in [0.29, 0.717) is 11.1 Å². The number of rotatable bonds is 6. The largest absolute Gasteiger partial charge is 0.508 e. The first-order valence-electron chi connectivity index (χ1n) is 11.2. The highest BCUT2D eigenvalue weighted by molar-refractivity contribution is 7.92. The molecule has 5 aromatic carbocycles. The molecule has 0 fully saturated rings. The van der Waals surface area contributed by atoms with Gasteiger partial charge in [-0.2, -0.15) is 0 Å². The lowest BCUT2D eigenvalue weighted by atomic mass is 9.94. The predicted octanol–water partition coefficient (Wildman–Crippen LogP) is 6.95. The number of benzene rings is 5. The molecule has 5 aromatic rings. The molecule has 5 rings (SSSR count). The normalized spacial score (nSPS) is 11.4. The number of fused-ring (bicyclic) bond motifs is 1. The van der Waals surface area contributed by atoms with Crippen LogP contribution in [-0.2, 0) is 10.0 Å². The third-order valence-electron chi connectivity index (χ3n) is 6.01. The van der Waals surface area contributed by atoms with E-state index in [2.05, 4.69) is 4.72 Å². The molecule has 0 heterocycles. The molecule has 0 aromatic heterocycles. The summed E-state index contributed by atoms with van der Waals surface area (Å²) in [5, 5.41) is 33.2. The van der Waals surface area contributed by atoms with Crippen LogP contribution in [-0.4, -0.2) is 23.6 Å². The van der Waals surface area contributed by atoms with E-state index in [-0.39, 0.29) is 27.1 Å². The summed E-state index contributed by atoms with van der Waals surface area (Å²) in [5.41, 5.74) is 2.46. The van der Waals surface area contributed by atoms with Crippen LogP contribution in [0.3, 0.4) is 0 Å². The summed E-state index contributed by atoms with van der Waals surface area (Å²) in [4.78, 5) is 10.1. The monoisotopic (exact) mass is 546 g/mol. The number of anilines is 1. The Morgan fingerprint density at radius 2 is 1.53 bits per heavy atom. The van der Waals surface area contributed by atoms with Crippen LogP contribution in [0.5, 0.6) is 11.5 Å². The van der Waals surface area contributed by atoms with E-state index >= 15 is 0 Å². The highest BCUT2D eigenvalue weighted by atomic mass is 35.5. The van der Waals surface area contributed by atoms with Crippen molar-refractivity contribution < 1.29 is 23.6 Å². The fourth-order valence-corrected chi connectivity index (χ4v) is 5.49. The summed E-state index contributed by atoms with van der Waals surface area (Å²) >= 11 is 5.81. The minimum absolute atomic E-state index is 0.0101. The van der Waals surface area contributed by atoms with Crippen molar-refractivity contribution in [2.24, 2.45) is 0 Å². The van der Waals surface area contributed by atoms with E-state index in [4.69, 9.17) is 11.6 Å². The summed E-state index contributed by atoms with van der Waals surface area (Å²) in [6.45, 7) is 0. The van der Waals surface area contributed by atoms with Crippen LogP contribution in [0.2, 0.25) is 5.02 Å². The minimum Gasteiger partial charge on any atom is -0.508 e. The van der Waals surface area contributed by atoms with E-state index in [1.165, 1.54) is 12.1 Å². The van der Waals surface area contributed by atoms with Crippen molar-refractivity contribution in [3.05, 3.63) is 112 Å². The molecule has 3 N–H and O–H groups in total. The lowest BCUT2D eigenvalue weighted by molar-refractivity contribution is -0.384. The number of sulfonamides is 1. The van der Waals surface area contributed by atoms with Crippen LogP contribution < -0.4 is 4.72 Å². The average molecular weight is 547 g/mol. The molecule has 0 bridgehead atoms. The number of hydrogen-bond acceptors (Lipinski definition) is 6. The topological polar surface area (TPSA) is 130 Å². The van der Waals surface area contributed by atoms with Gasteiger partial charge in [0.15, 0.2) is 0 Å². The zero-order chi connectivity index (χ0) is 27.0. The van der Waals surface area contributed by atoms with Gasteiger partial charge in [-0.1, -0.05) is 54.1 Å². The molecule has 190 valence electrons. The summed E-state index contributed by atoms with van der Waals surface area (Å²) in [5.74, 6) is 0.164. The molecule has 38 heavy (non-hydrogen) atoms. The lowest BCUT2D eigenvalue weighted by Gasteiger charge is -2.13. The van der Waals surface area contributed by atoms with Gasteiger partial charge in [0.25, 0.3) is 15.7 Å². The number of hydrogen-bond donors (Lipinski definition) is 3. The average Bonchev–Trinajstić information content (AvgIpc) is 2.88. The van der Waals surface area contributed by atoms with Crippen molar-refractivity contribution in [3.8, 4) is 33.8 Å². The highest BCUT2D eigenvalue weighted by Crippen LogP contribution is 2.39. The number of nitrogens with one attached hydrogen (secondary N) is 1. The summed E-state index contributed by atoms with van der Waals surface area (Å²) in [6.07, 6.45) is 0. The fraction of sp³-hybridized carbons (Fsp3) is 0. The van der Waals surface area contributed by atoms with Crippen molar-refractivity contribution in [2.45, 2.75) is 4.90 Å². The molecule has 0 unspecified atom stereocenters. The molecule has 0 atom stereocenters. The van der Waals surface area contributed by atoms with Crippen molar-refractivity contribution >= 4 is 43.8 Å². The molecule has 0 radical (unpaired) electrons. The third-order valence-corrected chi connectivity index (χ3v) is 7.70. The van der Waals surface area contributed by atoms with E-state index < -0.39 is 20.6 Å². The number of nitro groups is 1. The minimum atomic E-state index is -4.17. The molecule has 0 saturated carbocycles. The van der Waals surface area contributed by atoms with Gasteiger partial charge in [0, 0.05) is 17.3 Å². The highest BCUT2D eigenvalue weighted by Gasteiger charge is 2.21. The Morgan fingerprint density at radius 3 is 2.29 bits per heavy atom. The molecule has 0 aliphatic rings. The number of halogens is 1. The Hall–Kier alpha value is -4.60. The standard InChI is InChI=1S/C28H19ClN2O6S/c29-25-11-9-23(16-26(25)31(34)35)38(36,37)30-21-5-1-4-20(14-21)28-24-10-7-18(13-19(24)8-12-27(28)33)17-3-2-6-22(32)15-17/h1-16,30,32-33H. The maximum absolute atomic E-state index is 13.0. The van der Waals surface area contributed by atoms with Crippen molar-refractivity contribution in [1.82, 2.24) is 0 Å². The van der Waals surface area contributed by atoms with Gasteiger partial charge in [-0.3, -0.25) is 14.8 Å². The molecule has 0 spiro atoms. The Balaban J connectivity index is 1.53. The molecule has 0 saturated heterocycles. The molecular formula is C28H19ClN2O6S. The van der Waals surface area contributed by atoms with Crippen molar-refractivity contribution in [1.29, 1.82) is 0 Å². The molecule has 8 nitrogen and oxygen atoms in total. The van der Waals surface area contributed by atoms with Gasteiger partial charge in [-0.25, -0.2) is 8.42 Å². The number of phenols is 2. The smallest absolute Gasteiger partial charge is 0.289 e. The van der Waals surface area contributed by atoms with Gasteiger partial charge in [-0.15, -0.1) is 0 Å². The van der Waals surface area contributed by atoms with Gasteiger partial charge in [0.2, 0.25) is 0 Å². The van der Waals surface area contributed by atoms with Gasteiger partial charge in [0.05, 0.1) is 9.82 Å². The van der Waals surface area contributed by atoms with Crippen LogP contribution >= 0.6 is 11.6 Å². The quantitative estimate of drug-likeness (QED) is 0.156. The fourth-order valence-electron chi connectivity index (χ4n) is 4.24. The first-order chi connectivity index (χ1) is 18.1. The van der Waals surface area contributed by atoms with E-state index in [9.17, 15) is 28.7 Å². The van der Waals surface area contributed by atoms with Crippen LogP contribution in [0.25, 0.3) is 33.0 Å². The first-order valence-corrected chi connectivity index (χ1v) is 13.1. The Kier molecular flexibility index (Phi) is 6.40. The van der Waals surface area contributed by atoms with Crippen molar-refractivity contribution in [2.75, 3.05) is 4.72 Å². The maximum Gasteiger partial charge on any atom is 0.289 e. The van der Waals surface area contributed by atoms with Gasteiger partial charge in [0.1, 0.15) is 16.5 Å². The van der Waals surface area contributed by atoms with Gasteiger partial charge in [-0.05, 0) is 76.0 Å². The van der Waals surface area contributed by atoms with Crippen molar-refractivity contribution in [3.63, 3.8) is 0 Å². The van der Waals surface area contributed by atoms with Crippen LogP contribution in [0, 0.1) is 10.1 Å². The van der Waals surface area contributed by atoms with Crippen LogP contribution in [0.1, 0.15) is 0 Å². The summed E-state index contributed by atoms with van der Waals surface area (Å²) in [7, 11) is -4.17. The maximum atomic E-state index is 13.0. The molecule has 10 heteroatoms. The zero-order valence-electron chi connectivity index (χ0n) is 19.5. The third kappa shape index (κ3) is 4.84. The Morgan fingerprint density at radius 1 is 0.789 bits per heavy atom. The number of nitro benzene ring substituents is 1. The number of phenolic OH excluding ortho intramolecular Hbond substituents is 2. The predicted molar refractivity (Wildman–Crippen MR) is 147 cm³/mol. The van der Waals surface area contributed by atoms with E-state index in [1.807, 2.05) is 24.3 Å². The molecule has 0 amide bonds. The molecule has 0 aliphatic heterocycles. The van der Waals surface area contributed by atoms with Crippen LogP contribution in [0.15, 0.2) is 102 Å². The second-order valence-corrected chi connectivity index (χ2v) is 10.6.